The van der Waals surface area contributed by atoms with E-state index in [4.69, 9.17) is 4.84 Å². The van der Waals surface area contributed by atoms with Crippen molar-refractivity contribution in [3.05, 3.63) is 10.1 Å². The van der Waals surface area contributed by atoms with Gasteiger partial charge < -0.3 is 4.84 Å². The summed E-state index contributed by atoms with van der Waals surface area (Å²) in [5, 5.41) is 10.2. The Morgan fingerprint density at radius 2 is 1.96 bits per heavy atom. The molecule has 0 amide bonds. The Labute approximate surface area is 138 Å². The molecule has 3 saturated carbocycles. The van der Waals surface area contributed by atoms with Gasteiger partial charge in [0.15, 0.2) is 0 Å². The Bertz CT molecular complexity index is 493. The van der Waals surface area contributed by atoms with Gasteiger partial charge in [-0.15, -0.1) is 10.1 Å². The van der Waals surface area contributed by atoms with Crippen molar-refractivity contribution in [3.8, 4) is 0 Å². The summed E-state index contributed by atoms with van der Waals surface area (Å²) in [6.45, 7) is 6.14. The molecule has 130 valence electrons. The fraction of sp³-hybridized carbons (Fsp3) is 0.944. The number of rotatable bonds is 4. The maximum Gasteiger partial charge on any atom is 0.294 e. The number of ketones is 1. The van der Waals surface area contributed by atoms with E-state index in [1.807, 2.05) is 0 Å². The lowest BCUT2D eigenvalue weighted by Crippen LogP contribution is -2.50. The molecule has 0 saturated heterocycles. The molecule has 23 heavy (non-hydrogen) atoms. The second kappa shape index (κ2) is 6.06. The van der Waals surface area contributed by atoms with E-state index in [1.165, 1.54) is 6.42 Å². The monoisotopic (exact) mass is 323 g/mol. The molecule has 0 spiro atoms. The molecule has 3 aliphatic rings. The van der Waals surface area contributed by atoms with Crippen LogP contribution in [-0.4, -0.2) is 17.0 Å². The molecule has 0 radical (unpaired) electrons. The van der Waals surface area contributed by atoms with E-state index >= 15 is 0 Å². The van der Waals surface area contributed by atoms with E-state index in [-0.39, 0.29) is 17.4 Å². The highest BCUT2D eigenvalue weighted by Crippen LogP contribution is 2.61. The van der Waals surface area contributed by atoms with Crippen LogP contribution in [0.15, 0.2) is 0 Å². The summed E-state index contributed by atoms with van der Waals surface area (Å²) in [5.74, 6) is 2.60. The predicted molar refractivity (Wildman–Crippen MR) is 86.1 cm³/mol. The summed E-state index contributed by atoms with van der Waals surface area (Å²) in [6, 6.07) is 0. The molecule has 0 heterocycles. The first-order chi connectivity index (χ1) is 10.9. The van der Waals surface area contributed by atoms with Crippen LogP contribution in [0.4, 0.5) is 0 Å². The number of carbonyl (C=O) groups is 1. The molecular formula is C18H29NO4. The molecular weight excluding hydrogens is 294 g/mol. The summed E-state index contributed by atoms with van der Waals surface area (Å²) >= 11 is 0. The molecule has 0 aromatic carbocycles. The second-order valence-corrected chi connectivity index (χ2v) is 8.26. The first kappa shape index (κ1) is 16.7. The van der Waals surface area contributed by atoms with Gasteiger partial charge in [0.1, 0.15) is 11.9 Å². The van der Waals surface area contributed by atoms with Gasteiger partial charge in [-0.3, -0.25) is 4.79 Å². The first-order valence-electron chi connectivity index (χ1n) is 9.20. The molecule has 5 nitrogen and oxygen atoms in total. The highest BCUT2D eigenvalue weighted by molar-refractivity contribution is 5.79. The number of fused-ring (bicyclic) bond motifs is 3. The molecule has 3 rings (SSSR count). The lowest BCUT2D eigenvalue weighted by Gasteiger charge is -2.53. The zero-order valence-corrected chi connectivity index (χ0v) is 14.5. The van der Waals surface area contributed by atoms with Crippen LogP contribution >= 0.6 is 0 Å². The smallest absolute Gasteiger partial charge is 0.294 e. The molecule has 0 aromatic heterocycles. The molecule has 0 aromatic rings. The van der Waals surface area contributed by atoms with Gasteiger partial charge in [-0.25, -0.2) is 0 Å². The van der Waals surface area contributed by atoms with Crippen molar-refractivity contribution in [2.75, 3.05) is 0 Å². The Morgan fingerprint density at radius 1 is 1.22 bits per heavy atom. The van der Waals surface area contributed by atoms with Crippen molar-refractivity contribution in [1.29, 1.82) is 0 Å². The molecule has 0 bridgehead atoms. The summed E-state index contributed by atoms with van der Waals surface area (Å²) < 4.78 is 0. The van der Waals surface area contributed by atoms with Crippen molar-refractivity contribution in [2.24, 2.45) is 35.0 Å². The minimum atomic E-state index is -0.614. The van der Waals surface area contributed by atoms with Crippen LogP contribution < -0.4 is 0 Å². The summed E-state index contributed by atoms with van der Waals surface area (Å²) in [7, 11) is 0. The number of nitrogens with zero attached hydrogens (tertiary/aromatic N) is 1. The van der Waals surface area contributed by atoms with E-state index in [2.05, 4.69) is 13.8 Å². The van der Waals surface area contributed by atoms with Gasteiger partial charge >= 0.3 is 0 Å². The van der Waals surface area contributed by atoms with Crippen LogP contribution in [0.2, 0.25) is 0 Å². The number of carbonyl (C=O) groups excluding carboxylic acids is 1. The quantitative estimate of drug-likeness (QED) is 0.578. The Morgan fingerprint density at radius 3 is 2.57 bits per heavy atom. The number of hydrogen-bond donors (Lipinski definition) is 0. The largest absolute Gasteiger partial charge is 0.310 e. The third-order valence-corrected chi connectivity index (χ3v) is 7.45. The second-order valence-electron chi connectivity index (χ2n) is 8.26. The van der Waals surface area contributed by atoms with Crippen LogP contribution in [0.3, 0.4) is 0 Å². The average Bonchev–Trinajstić information content (AvgIpc) is 2.82. The van der Waals surface area contributed by atoms with Crippen molar-refractivity contribution in [2.45, 2.75) is 71.8 Å². The predicted octanol–water partition coefficient (Wildman–Crippen LogP) is 4.03. The number of Topliss-reactive ketones (excluding diaryl/α,β-unsaturated/α-hetero) is 1. The Hall–Kier alpha value is -1.13. The van der Waals surface area contributed by atoms with Gasteiger partial charge in [-0.05, 0) is 74.5 Å². The molecule has 5 heteroatoms. The van der Waals surface area contributed by atoms with Gasteiger partial charge in [0.25, 0.3) is 5.09 Å². The van der Waals surface area contributed by atoms with Crippen molar-refractivity contribution < 1.29 is 14.7 Å². The highest BCUT2D eigenvalue weighted by Gasteiger charge is 2.58. The Kier molecular flexibility index (Phi) is 4.41. The van der Waals surface area contributed by atoms with Crippen LogP contribution in [0.1, 0.15) is 65.7 Å². The summed E-state index contributed by atoms with van der Waals surface area (Å²) in [4.78, 5) is 28.1. The van der Waals surface area contributed by atoms with Gasteiger partial charge in [0.2, 0.25) is 0 Å². The third-order valence-electron chi connectivity index (χ3n) is 7.45. The maximum atomic E-state index is 12.3. The lowest BCUT2D eigenvalue weighted by molar-refractivity contribution is -0.772. The third kappa shape index (κ3) is 2.66. The fourth-order valence-corrected chi connectivity index (χ4v) is 6.43. The standard InChI is InChI=1S/C18H29NO4/c1-4-12-5-6-13-14(17(12)11(2)20)9-10-18(3)15(13)7-8-16(18)23-19(21)22/h12-17H,4-10H2,1-3H3/t12-,13-,14+,15+,16+,17+,18+/m1/s1. The van der Waals surface area contributed by atoms with Crippen LogP contribution in [0, 0.1) is 45.1 Å². The van der Waals surface area contributed by atoms with Gasteiger partial charge in [-0.2, -0.15) is 0 Å². The minimum absolute atomic E-state index is 0.0887. The SMILES string of the molecule is CC[C@@H]1CC[C@@H]2[C@H](CC[C@]3(C)[C@@H](O[N+](=O)[O-])CC[C@@H]23)[C@H]1C(C)=O. The van der Waals surface area contributed by atoms with Crippen LogP contribution in [0.25, 0.3) is 0 Å². The van der Waals surface area contributed by atoms with E-state index in [9.17, 15) is 14.9 Å². The average molecular weight is 323 g/mol. The van der Waals surface area contributed by atoms with E-state index in [1.54, 1.807) is 6.92 Å². The lowest BCUT2D eigenvalue weighted by atomic mass is 9.51. The maximum absolute atomic E-state index is 12.3. The first-order valence-corrected chi connectivity index (χ1v) is 9.20. The zero-order valence-electron chi connectivity index (χ0n) is 14.5. The zero-order chi connectivity index (χ0) is 16.8. The fourth-order valence-electron chi connectivity index (χ4n) is 6.43. The van der Waals surface area contributed by atoms with Crippen molar-refractivity contribution >= 4 is 5.78 Å². The molecule has 0 unspecified atom stereocenters. The highest BCUT2D eigenvalue weighted by atomic mass is 17.0. The normalized spacial score (nSPS) is 45.9. The van der Waals surface area contributed by atoms with Gasteiger partial charge in [-0.1, -0.05) is 20.3 Å². The summed E-state index contributed by atoms with van der Waals surface area (Å²) in [5.41, 5.74) is -0.0887. The molecule has 0 aliphatic heterocycles. The molecule has 0 N–H and O–H groups in total. The van der Waals surface area contributed by atoms with Crippen molar-refractivity contribution in [3.63, 3.8) is 0 Å². The minimum Gasteiger partial charge on any atom is -0.310 e. The van der Waals surface area contributed by atoms with Crippen LogP contribution in [0.5, 0.6) is 0 Å². The summed E-state index contributed by atoms with van der Waals surface area (Å²) in [6.07, 6.45) is 6.91. The topological polar surface area (TPSA) is 69.4 Å². The number of hydrogen-bond acceptors (Lipinski definition) is 4. The molecule has 3 aliphatic carbocycles. The van der Waals surface area contributed by atoms with Gasteiger partial charge in [0, 0.05) is 5.92 Å². The van der Waals surface area contributed by atoms with Crippen molar-refractivity contribution in [1.82, 2.24) is 0 Å². The van der Waals surface area contributed by atoms with E-state index < -0.39 is 5.09 Å². The van der Waals surface area contributed by atoms with E-state index in [0.717, 1.165) is 38.5 Å². The molecule has 3 fully saturated rings. The van der Waals surface area contributed by atoms with Crippen LogP contribution in [-0.2, 0) is 9.63 Å². The van der Waals surface area contributed by atoms with Gasteiger partial charge in [0.05, 0.1) is 0 Å². The Balaban J connectivity index is 1.83. The molecule has 7 atom stereocenters. The van der Waals surface area contributed by atoms with E-state index in [0.29, 0.717) is 29.5 Å².